The van der Waals surface area contributed by atoms with Crippen LogP contribution < -0.4 is 0 Å². The number of aliphatic hydroxyl groups is 1. The highest BCUT2D eigenvalue weighted by molar-refractivity contribution is 7.99. The lowest BCUT2D eigenvalue weighted by molar-refractivity contribution is 0.195. The maximum absolute atomic E-state index is 9.84. The van der Waals surface area contributed by atoms with Gasteiger partial charge in [0.1, 0.15) is 0 Å². The van der Waals surface area contributed by atoms with Crippen LogP contribution in [0.2, 0.25) is 0 Å². The molecule has 0 saturated carbocycles. The summed E-state index contributed by atoms with van der Waals surface area (Å²) in [5.74, 6) is 1.40. The van der Waals surface area contributed by atoms with Crippen LogP contribution in [-0.4, -0.2) is 36.7 Å². The van der Waals surface area contributed by atoms with Gasteiger partial charge in [0.2, 0.25) is 0 Å². The highest BCUT2D eigenvalue weighted by atomic mass is 32.2. The number of aliphatic hydroxyl groups excluding tert-OH is 1. The number of hydrogen-bond acceptors (Lipinski definition) is 5. The molecule has 0 saturated heterocycles. The number of pyridine rings is 1. The van der Waals surface area contributed by atoms with Crippen molar-refractivity contribution in [3.8, 4) is 11.4 Å². The first-order valence-electron chi connectivity index (χ1n) is 7.96. The van der Waals surface area contributed by atoms with Gasteiger partial charge in [0, 0.05) is 23.7 Å². The smallest absolute Gasteiger partial charge is 0.191 e. The molecule has 1 N–H and O–H groups in total. The summed E-state index contributed by atoms with van der Waals surface area (Å²) in [6, 6.07) is 14.1. The second-order valence-electron chi connectivity index (χ2n) is 5.49. The number of nitrogens with zero attached hydrogens (tertiary/aromatic N) is 4. The molecule has 0 amide bonds. The van der Waals surface area contributed by atoms with Gasteiger partial charge in [-0.3, -0.25) is 9.55 Å². The molecule has 6 heteroatoms. The van der Waals surface area contributed by atoms with Crippen LogP contribution in [0.4, 0.5) is 0 Å². The normalized spacial score (nSPS) is 12.2. The Kier molecular flexibility index (Phi) is 5.61. The van der Waals surface area contributed by atoms with E-state index in [1.54, 1.807) is 12.4 Å². The van der Waals surface area contributed by atoms with E-state index in [0.717, 1.165) is 23.0 Å². The SMILES string of the molecule is CC[C@H](O)CSc1nnc(-c2cccnc2)n1Cc1ccccc1. The van der Waals surface area contributed by atoms with Gasteiger partial charge in [0.05, 0.1) is 12.6 Å². The third-order valence-electron chi connectivity index (χ3n) is 3.70. The fourth-order valence-corrected chi connectivity index (χ4v) is 3.28. The topological polar surface area (TPSA) is 63.8 Å². The molecule has 24 heavy (non-hydrogen) atoms. The molecule has 3 rings (SSSR count). The number of thioether (sulfide) groups is 1. The molecule has 3 aromatic rings. The lowest BCUT2D eigenvalue weighted by atomic mass is 10.2. The summed E-state index contributed by atoms with van der Waals surface area (Å²) in [6.45, 7) is 2.66. The Balaban J connectivity index is 1.92. The quantitative estimate of drug-likeness (QED) is 0.669. The van der Waals surface area contributed by atoms with Gasteiger partial charge in [-0.25, -0.2) is 0 Å². The van der Waals surface area contributed by atoms with E-state index in [-0.39, 0.29) is 6.10 Å². The largest absolute Gasteiger partial charge is 0.392 e. The van der Waals surface area contributed by atoms with Gasteiger partial charge in [-0.15, -0.1) is 10.2 Å². The highest BCUT2D eigenvalue weighted by Crippen LogP contribution is 2.25. The van der Waals surface area contributed by atoms with E-state index in [1.165, 1.54) is 17.3 Å². The summed E-state index contributed by atoms with van der Waals surface area (Å²) < 4.78 is 2.08. The lowest BCUT2D eigenvalue weighted by Crippen LogP contribution is -2.10. The third kappa shape index (κ3) is 4.01. The minimum Gasteiger partial charge on any atom is -0.392 e. The van der Waals surface area contributed by atoms with E-state index >= 15 is 0 Å². The monoisotopic (exact) mass is 340 g/mol. The van der Waals surface area contributed by atoms with Crippen LogP contribution in [0.1, 0.15) is 18.9 Å². The predicted molar refractivity (Wildman–Crippen MR) is 95.8 cm³/mol. The molecule has 0 aliphatic carbocycles. The van der Waals surface area contributed by atoms with Crippen molar-refractivity contribution < 1.29 is 5.11 Å². The van der Waals surface area contributed by atoms with Crippen LogP contribution in [0.15, 0.2) is 60.0 Å². The molecule has 0 unspecified atom stereocenters. The molecule has 124 valence electrons. The molecule has 5 nitrogen and oxygen atoms in total. The van der Waals surface area contributed by atoms with Gasteiger partial charge >= 0.3 is 0 Å². The number of rotatable bonds is 7. The molecular weight excluding hydrogens is 320 g/mol. The van der Waals surface area contributed by atoms with Crippen LogP contribution in [0.25, 0.3) is 11.4 Å². The number of hydrogen-bond donors (Lipinski definition) is 1. The van der Waals surface area contributed by atoms with Crippen LogP contribution in [-0.2, 0) is 6.54 Å². The highest BCUT2D eigenvalue weighted by Gasteiger charge is 2.16. The van der Waals surface area contributed by atoms with Crippen LogP contribution >= 0.6 is 11.8 Å². The Morgan fingerprint density at radius 1 is 1.12 bits per heavy atom. The molecule has 0 fully saturated rings. The molecule has 0 aliphatic heterocycles. The Hall–Kier alpha value is -2.18. The van der Waals surface area contributed by atoms with E-state index < -0.39 is 0 Å². The van der Waals surface area contributed by atoms with Crippen molar-refractivity contribution in [1.29, 1.82) is 0 Å². The second kappa shape index (κ2) is 8.08. The van der Waals surface area contributed by atoms with E-state index in [1.807, 2.05) is 37.3 Å². The Labute approximate surface area is 145 Å². The number of aromatic nitrogens is 4. The van der Waals surface area contributed by atoms with Crippen LogP contribution in [0, 0.1) is 0 Å². The third-order valence-corrected chi connectivity index (χ3v) is 4.81. The van der Waals surface area contributed by atoms with Crippen molar-refractivity contribution in [1.82, 2.24) is 19.7 Å². The molecule has 0 spiro atoms. The summed E-state index contributed by atoms with van der Waals surface area (Å²) in [6.07, 6.45) is 3.93. The minimum absolute atomic E-state index is 0.335. The van der Waals surface area contributed by atoms with E-state index in [0.29, 0.717) is 12.3 Å². The molecular formula is C18H20N4OS. The zero-order valence-electron chi connectivity index (χ0n) is 13.5. The average molecular weight is 340 g/mol. The maximum Gasteiger partial charge on any atom is 0.191 e. The van der Waals surface area contributed by atoms with E-state index in [2.05, 4.69) is 31.9 Å². The van der Waals surface area contributed by atoms with Gasteiger partial charge in [-0.1, -0.05) is 49.0 Å². The average Bonchev–Trinajstić information content (AvgIpc) is 3.04. The summed E-state index contributed by atoms with van der Waals surface area (Å²) >= 11 is 1.53. The van der Waals surface area contributed by atoms with Gasteiger partial charge in [0.15, 0.2) is 11.0 Å². The molecule has 1 aromatic carbocycles. The first-order valence-corrected chi connectivity index (χ1v) is 8.95. The van der Waals surface area contributed by atoms with Crippen molar-refractivity contribution in [3.63, 3.8) is 0 Å². The summed E-state index contributed by atoms with van der Waals surface area (Å²) in [7, 11) is 0. The molecule has 0 radical (unpaired) electrons. The van der Waals surface area contributed by atoms with Crippen molar-refractivity contribution >= 4 is 11.8 Å². The van der Waals surface area contributed by atoms with E-state index in [4.69, 9.17) is 0 Å². The van der Waals surface area contributed by atoms with Gasteiger partial charge in [-0.2, -0.15) is 0 Å². The van der Waals surface area contributed by atoms with Crippen LogP contribution in [0.3, 0.4) is 0 Å². The van der Waals surface area contributed by atoms with Crippen LogP contribution in [0.5, 0.6) is 0 Å². The van der Waals surface area contributed by atoms with Gasteiger partial charge in [0.25, 0.3) is 0 Å². The van der Waals surface area contributed by atoms with Crippen molar-refractivity contribution in [2.75, 3.05) is 5.75 Å². The number of benzene rings is 1. The van der Waals surface area contributed by atoms with E-state index in [9.17, 15) is 5.11 Å². The maximum atomic E-state index is 9.84. The van der Waals surface area contributed by atoms with Gasteiger partial charge in [-0.05, 0) is 24.1 Å². The minimum atomic E-state index is -0.335. The second-order valence-corrected chi connectivity index (χ2v) is 6.48. The summed E-state index contributed by atoms with van der Waals surface area (Å²) in [5, 5.41) is 19.3. The fraction of sp³-hybridized carbons (Fsp3) is 0.278. The van der Waals surface area contributed by atoms with Crippen molar-refractivity contribution in [2.24, 2.45) is 0 Å². The van der Waals surface area contributed by atoms with Gasteiger partial charge < -0.3 is 5.11 Å². The standard InChI is InChI=1S/C18H20N4OS/c1-2-16(23)13-24-18-21-20-17(15-9-6-10-19-11-15)22(18)12-14-7-4-3-5-8-14/h3-11,16,23H,2,12-13H2,1H3/t16-/m0/s1. The molecule has 2 aromatic heterocycles. The Bertz CT molecular complexity index is 761. The first-order chi connectivity index (χ1) is 11.8. The lowest BCUT2D eigenvalue weighted by Gasteiger charge is -2.11. The predicted octanol–water partition coefficient (Wildman–Crippen LogP) is 3.25. The Morgan fingerprint density at radius 2 is 1.96 bits per heavy atom. The zero-order chi connectivity index (χ0) is 16.8. The Morgan fingerprint density at radius 3 is 2.67 bits per heavy atom. The van der Waals surface area contributed by atoms with Crippen molar-refractivity contribution in [2.45, 2.75) is 31.1 Å². The fourth-order valence-electron chi connectivity index (χ4n) is 2.30. The molecule has 1 atom stereocenters. The molecule has 0 aliphatic rings. The molecule has 2 heterocycles. The summed E-state index contributed by atoms with van der Waals surface area (Å²) in [5.41, 5.74) is 2.11. The van der Waals surface area contributed by atoms with Crippen molar-refractivity contribution in [3.05, 3.63) is 60.4 Å². The molecule has 0 bridgehead atoms. The zero-order valence-corrected chi connectivity index (χ0v) is 14.4. The summed E-state index contributed by atoms with van der Waals surface area (Å²) in [4.78, 5) is 4.18. The first kappa shape index (κ1) is 16.7.